The van der Waals surface area contributed by atoms with Crippen molar-refractivity contribution in [1.29, 1.82) is 0 Å². The highest BCUT2D eigenvalue weighted by Gasteiger charge is 2.36. The van der Waals surface area contributed by atoms with Crippen molar-refractivity contribution in [3.63, 3.8) is 0 Å². The largest absolute Gasteiger partial charge is 0.371 e. The van der Waals surface area contributed by atoms with Crippen LogP contribution in [0.2, 0.25) is 0 Å². The number of benzene rings is 2. The Hall–Kier alpha value is -3.21. The zero-order valence-electron chi connectivity index (χ0n) is 18.4. The van der Waals surface area contributed by atoms with E-state index in [1.165, 1.54) is 11.5 Å². The van der Waals surface area contributed by atoms with Crippen LogP contribution in [0.25, 0.3) is 22.0 Å². The number of fused-ring (bicyclic) bond motifs is 5. The predicted octanol–water partition coefficient (Wildman–Crippen LogP) is 5.75. The van der Waals surface area contributed by atoms with Gasteiger partial charge in [-0.15, -0.1) is 0 Å². The summed E-state index contributed by atoms with van der Waals surface area (Å²) in [5.41, 5.74) is 3.72. The summed E-state index contributed by atoms with van der Waals surface area (Å²) in [6.45, 7) is 7.69. The van der Waals surface area contributed by atoms with E-state index in [1.807, 2.05) is 24.3 Å². The topological polar surface area (TPSA) is 59.4 Å². The van der Waals surface area contributed by atoms with E-state index in [0.717, 1.165) is 49.8 Å². The number of unbranched alkanes of at least 4 members (excludes halogenated alkanes) is 2. The van der Waals surface area contributed by atoms with Gasteiger partial charge < -0.3 is 4.90 Å². The molecule has 0 amide bonds. The average Bonchev–Trinajstić information content (AvgIpc) is 3.12. The van der Waals surface area contributed by atoms with Crippen molar-refractivity contribution in [1.82, 2.24) is 4.57 Å². The molecule has 2 aromatic carbocycles. The number of aromatic nitrogens is 1. The molecule has 0 spiro atoms. The molecule has 0 saturated heterocycles. The first-order chi connectivity index (χ1) is 15.0. The number of nitrogens with zero attached hydrogens (tertiary/aromatic N) is 2. The van der Waals surface area contributed by atoms with Gasteiger partial charge in [0.15, 0.2) is 0 Å². The van der Waals surface area contributed by atoms with Gasteiger partial charge >= 0.3 is 0 Å². The Kier molecular flexibility index (Phi) is 5.77. The highest BCUT2D eigenvalue weighted by molar-refractivity contribution is 6.54. The number of carbonyl (C=O) groups is 3. The summed E-state index contributed by atoms with van der Waals surface area (Å²) in [5, 5.41) is 0.827. The second-order valence-corrected chi connectivity index (χ2v) is 8.18. The molecule has 3 aromatic rings. The lowest BCUT2D eigenvalue weighted by molar-refractivity contribution is 0.0803. The Morgan fingerprint density at radius 3 is 2.16 bits per heavy atom. The molecule has 0 aliphatic heterocycles. The molecule has 4 rings (SSSR count). The van der Waals surface area contributed by atoms with Gasteiger partial charge in [0.2, 0.25) is 11.7 Å². The van der Waals surface area contributed by atoms with Gasteiger partial charge in [0, 0.05) is 42.2 Å². The molecule has 1 heterocycles. The first-order valence-corrected chi connectivity index (χ1v) is 11.1. The third-order valence-corrected chi connectivity index (χ3v) is 6.06. The van der Waals surface area contributed by atoms with E-state index in [4.69, 9.17) is 0 Å². The van der Waals surface area contributed by atoms with Gasteiger partial charge in [-0.2, -0.15) is 0 Å². The Morgan fingerprint density at radius 1 is 0.903 bits per heavy atom. The van der Waals surface area contributed by atoms with Crippen LogP contribution in [0.4, 0.5) is 5.69 Å². The SMILES string of the molecule is CCCCN(CCCC)c1ccc2c3c(n(C(C)=O)c2c1)C(=O)C(=O)c1ccccc1-3. The maximum absolute atomic E-state index is 13.0. The van der Waals surface area contributed by atoms with Gasteiger partial charge in [-0.1, -0.05) is 57.0 Å². The number of hydrogen-bond acceptors (Lipinski definition) is 4. The predicted molar refractivity (Wildman–Crippen MR) is 124 cm³/mol. The van der Waals surface area contributed by atoms with Crippen molar-refractivity contribution in [3.05, 3.63) is 53.7 Å². The number of hydrogen-bond donors (Lipinski definition) is 0. The van der Waals surface area contributed by atoms with Gasteiger partial charge in [-0.25, -0.2) is 0 Å². The smallest absolute Gasteiger partial charge is 0.250 e. The summed E-state index contributed by atoms with van der Waals surface area (Å²) in [6, 6.07) is 13.2. The lowest BCUT2D eigenvalue weighted by atomic mass is 9.86. The molecule has 0 unspecified atom stereocenters. The second-order valence-electron chi connectivity index (χ2n) is 8.18. The van der Waals surface area contributed by atoms with Crippen LogP contribution in [0.15, 0.2) is 42.5 Å². The van der Waals surface area contributed by atoms with E-state index in [9.17, 15) is 14.4 Å². The highest BCUT2D eigenvalue weighted by atomic mass is 16.2. The minimum Gasteiger partial charge on any atom is -0.371 e. The third-order valence-electron chi connectivity index (χ3n) is 6.06. The summed E-state index contributed by atoms with van der Waals surface area (Å²) < 4.78 is 1.43. The van der Waals surface area contributed by atoms with Gasteiger partial charge in [0.1, 0.15) is 5.69 Å². The minimum absolute atomic E-state index is 0.192. The van der Waals surface area contributed by atoms with Crippen molar-refractivity contribution >= 4 is 34.1 Å². The van der Waals surface area contributed by atoms with E-state index >= 15 is 0 Å². The average molecular weight is 417 g/mol. The normalized spacial score (nSPS) is 12.7. The first kappa shape index (κ1) is 21.0. The van der Waals surface area contributed by atoms with Gasteiger partial charge in [-0.05, 0) is 30.5 Å². The molecule has 1 aliphatic carbocycles. The molecule has 1 aromatic heterocycles. The van der Waals surface area contributed by atoms with Crippen molar-refractivity contribution in [3.8, 4) is 11.1 Å². The monoisotopic (exact) mass is 416 g/mol. The van der Waals surface area contributed by atoms with Crippen LogP contribution in [0.1, 0.15) is 72.1 Å². The molecule has 0 saturated carbocycles. The van der Waals surface area contributed by atoms with E-state index in [2.05, 4.69) is 24.8 Å². The molecule has 0 bridgehead atoms. The molecule has 5 heteroatoms. The molecule has 0 radical (unpaired) electrons. The van der Waals surface area contributed by atoms with Crippen LogP contribution in [0, 0.1) is 0 Å². The summed E-state index contributed by atoms with van der Waals surface area (Å²) in [6.07, 6.45) is 4.39. The Bertz CT molecular complexity index is 1180. The molecule has 0 atom stereocenters. The first-order valence-electron chi connectivity index (χ1n) is 11.1. The zero-order valence-corrected chi connectivity index (χ0v) is 18.4. The van der Waals surface area contributed by atoms with Gasteiger partial charge in [-0.3, -0.25) is 19.0 Å². The summed E-state index contributed by atoms with van der Waals surface area (Å²) >= 11 is 0. The fourth-order valence-corrected chi connectivity index (χ4v) is 4.48. The van der Waals surface area contributed by atoms with E-state index in [1.54, 1.807) is 12.1 Å². The summed E-state index contributed by atoms with van der Waals surface area (Å²) in [7, 11) is 0. The minimum atomic E-state index is -0.615. The summed E-state index contributed by atoms with van der Waals surface area (Å²) in [4.78, 5) is 40.8. The van der Waals surface area contributed by atoms with Crippen molar-refractivity contribution in [2.45, 2.75) is 46.5 Å². The highest BCUT2D eigenvalue weighted by Crippen LogP contribution is 2.42. The standard InChI is InChI=1S/C26H28N2O3/c1-4-6-14-27(15-7-5-2)18-12-13-21-22(16-18)28(17(3)29)24-23(21)19-10-8-9-11-20(19)25(30)26(24)31/h8-13,16H,4-7,14-15H2,1-3H3. The van der Waals surface area contributed by atoms with Crippen molar-refractivity contribution in [2.24, 2.45) is 0 Å². The van der Waals surface area contributed by atoms with Gasteiger partial charge in [0.25, 0.3) is 5.78 Å². The molecule has 0 N–H and O–H groups in total. The number of rotatable bonds is 7. The van der Waals surface area contributed by atoms with E-state index < -0.39 is 11.6 Å². The Labute approximate surface area is 182 Å². The number of Topliss-reactive ketones (excluding diaryl/α,β-unsaturated/α-hetero) is 2. The molecule has 5 nitrogen and oxygen atoms in total. The molecular weight excluding hydrogens is 388 g/mol. The Morgan fingerprint density at radius 2 is 1.55 bits per heavy atom. The fraction of sp³-hybridized carbons (Fsp3) is 0.346. The maximum atomic E-state index is 13.0. The fourth-order valence-electron chi connectivity index (χ4n) is 4.48. The van der Waals surface area contributed by atoms with Crippen LogP contribution in [0.3, 0.4) is 0 Å². The van der Waals surface area contributed by atoms with Crippen molar-refractivity contribution in [2.75, 3.05) is 18.0 Å². The van der Waals surface area contributed by atoms with Crippen LogP contribution >= 0.6 is 0 Å². The number of ketones is 2. The summed E-state index contributed by atoms with van der Waals surface area (Å²) in [5.74, 6) is -1.44. The van der Waals surface area contributed by atoms with E-state index in [0.29, 0.717) is 22.2 Å². The third kappa shape index (κ3) is 3.48. The lowest BCUT2D eigenvalue weighted by Crippen LogP contribution is -2.26. The Balaban J connectivity index is 1.96. The molecule has 31 heavy (non-hydrogen) atoms. The quantitative estimate of drug-likeness (QED) is 0.460. The second kappa shape index (κ2) is 8.50. The maximum Gasteiger partial charge on any atom is 0.250 e. The number of carbonyl (C=O) groups excluding carboxylic acids is 3. The van der Waals surface area contributed by atoms with Crippen LogP contribution in [0.5, 0.6) is 0 Å². The van der Waals surface area contributed by atoms with Crippen molar-refractivity contribution < 1.29 is 14.4 Å². The number of anilines is 1. The zero-order chi connectivity index (χ0) is 22.1. The molecule has 160 valence electrons. The lowest BCUT2D eigenvalue weighted by Gasteiger charge is -2.25. The van der Waals surface area contributed by atoms with Crippen LogP contribution in [-0.4, -0.2) is 35.1 Å². The molecule has 0 fully saturated rings. The molecular formula is C26H28N2O3. The van der Waals surface area contributed by atoms with E-state index in [-0.39, 0.29) is 11.6 Å². The van der Waals surface area contributed by atoms with Crippen LogP contribution < -0.4 is 4.90 Å². The van der Waals surface area contributed by atoms with Crippen LogP contribution in [-0.2, 0) is 0 Å². The van der Waals surface area contributed by atoms with Gasteiger partial charge in [0.05, 0.1) is 5.52 Å². The molecule has 1 aliphatic rings.